The molecule has 102 valence electrons. The minimum atomic E-state index is -3.12. The zero-order valence-electron chi connectivity index (χ0n) is 10.9. The summed E-state index contributed by atoms with van der Waals surface area (Å²) in [4.78, 5) is 3.44. The second kappa shape index (κ2) is 4.65. The van der Waals surface area contributed by atoms with Crippen molar-refractivity contribution in [1.29, 1.82) is 0 Å². The van der Waals surface area contributed by atoms with Gasteiger partial charge in [0, 0.05) is 22.6 Å². The van der Waals surface area contributed by atoms with Crippen molar-refractivity contribution in [3.63, 3.8) is 0 Å². The summed E-state index contributed by atoms with van der Waals surface area (Å²) in [7, 11) is -3.12. The number of fused-ring (bicyclic) bond motifs is 3. The Bertz CT molecular complexity index is 703. The van der Waals surface area contributed by atoms with Gasteiger partial charge >= 0.3 is 0 Å². The highest BCUT2D eigenvalue weighted by atomic mass is 32.2. The molecule has 1 unspecified atom stereocenters. The Morgan fingerprint density at radius 3 is 2.95 bits per heavy atom. The molecule has 1 aliphatic rings. The summed E-state index contributed by atoms with van der Waals surface area (Å²) in [5, 5.41) is 1.22. The second-order valence-electron chi connectivity index (χ2n) is 5.09. The molecule has 1 aliphatic carbocycles. The predicted molar refractivity (Wildman–Crippen MR) is 76.7 cm³/mol. The molecule has 4 nitrogen and oxygen atoms in total. The fraction of sp³-hybridized carbons (Fsp3) is 0.429. The molecule has 1 atom stereocenters. The van der Waals surface area contributed by atoms with Crippen LogP contribution in [-0.4, -0.2) is 25.2 Å². The number of H-pyrrole nitrogens is 1. The third-order valence-electron chi connectivity index (χ3n) is 3.82. The van der Waals surface area contributed by atoms with Crippen molar-refractivity contribution in [3.8, 4) is 0 Å². The van der Waals surface area contributed by atoms with Crippen LogP contribution in [0.4, 0.5) is 0 Å². The van der Waals surface area contributed by atoms with Crippen LogP contribution in [0.2, 0.25) is 0 Å². The van der Waals surface area contributed by atoms with Crippen molar-refractivity contribution < 1.29 is 8.42 Å². The molecule has 19 heavy (non-hydrogen) atoms. The number of aryl methyl sites for hydroxylation is 1. The number of para-hydroxylation sites is 1. The summed E-state index contributed by atoms with van der Waals surface area (Å²) in [5.74, 6) is 0.143. The van der Waals surface area contributed by atoms with E-state index in [4.69, 9.17) is 0 Å². The smallest absolute Gasteiger partial charge is 0.211 e. The maximum Gasteiger partial charge on any atom is 0.211 e. The second-order valence-corrected chi connectivity index (χ2v) is 7.13. The molecule has 5 heteroatoms. The number of nitrogens with one attached hydrogen (secondary N) is 2. The molecule has 0 aliphatic heterocycles. The number of benzene rings is 1. The molecule has 0 fully saturated rings. The third-order valence-corrected chi connectivity index (χ3v) is 5.27. The lowest BCUT2D eigenvalue weighted by Gasteiger charge is -2.23. The van der Waals surface area contributed by atoms with Crippen LogP contribution in [0.3, 0.4) is 0 Å². The van der Waals surface area contributed by atoms with Gasteiger partial charge in [0.25, 0.3) is 0 Å². The number of rotatable bonds is 3. The molecule has 1 heterocycles. The molecule has 2 aromatic rings. The quantitative estimate of drug-likeness (QED) is 0.901. The summed E-state index contributed by atoms with van der Waals surface area (Å²) < 4.78 is 26.1. The van der Waals surface area contributed by atoms with E-state index in [1.54, 1.807) is 6.92 Å². The van der Waals surface area contributed by atoms with Gasteiger partial charge in [-0.2, -0.15) is 0 Å². The van der Waals surface area contributed by atoms with Crippen molar-refractivity contribution in [1.82, 2.24) is 9.71 Å². The minimum Gasteiger partial charge on any atom is -0.358 e. The molecule has 0 spiro atoms. The molecule has 0 bridgehead atoms. The van der Waals surface area contributed by atoms with Gasteiger partial charge in [0.1, 0.15) is 0 Å². The van der Waals surface area contributed by atoms with Crippen LogP contribution < -0.4 is 4.72 Å². The van der Waals surface area contributed by atoms with E-state index in [0.717, 1.165) is 24.8 Å². The molecular weight excluding hydrogens is 260 g/mol. The van der Waals surface area contributed by atoms with Gasteiger partial charge in [0.15, 0.2) is 0 Å². The van der Waals surface area contributed by atoms with Gasteiger partial charge in [-0.15, -0.1) is 0 Å². The van der Waals surface area contributed by atoms with E-state index in [-0.39, 0.29) is 11.8 Å². The van der Waals surface area contributed by atoms with E-state index < -0.39 is 10.0 Å². The molecule has 2 N–H and O–H groups in total. The Balaban J connectivity index is 1.91. The molecule has 1 aromatic heterocycles. The first-order valence-electron chi connectivity index (χ1n) is 6.67. The Labute approximate surface area is 113 Å². The topological polar surface area (TPSA) is 62.0 Å². The number of hydrogen-bond donors (Lipinski definition) is 2. The van der Waals surface area contributed by atoms with Crippen LogP contribution in [0.25, 0.3) is 10.9 Å². The first kappa shape index (κ1) is 12.7. The molecule has 3 rings (SSSR count). The predicted octanol–water partition coefficient (Wildman–Crippen LogP) is 1.96. The maximum atomic E-state index is 11.7. The van der Waals surface area contributed by atoms with Gasteiger partial charge in [0.05, 0.1) is 5.75 Å². The van der Waals surface area contributed by atoms with Crippen molar-refractivity contribution in [2.45, 2.75) is 32.2 Å². The Kier molecular flexibility index (Phi) is 3.11. The molecule has 0 saturated carbocycles. The molecular formula is C14H18N2O2S. The van der Waals surface area contributed by atoms with E-state index in [1.807, 2.05) is 12.1 Å². The SMILES string of the molecule is CCS(=O)(=O)NC1CCc2[nH]c3ccccc3c2C1. The largest absolute Gasteiger partial charge is 0.358 e. The van der Waals surface area contributed by atoms with Crippen LogP contribution >= 0.6 is 0 Å². The van der Waals surface area contributed by atoms with E-state index in [0.29, 0.717) is 0 Å². The van der Waals surface area contributed by atoms with Crippen LogP contribution in [0.1, 0.15) is 24.6 Å². The first-order chi connectivity index (χ1) is 9.09. The van der Waals surface area contributed by atoms with Gasteiger partial charge in [-0.1, -0.05) is 18.2 Å². The van der Waals surface area contributed by atoms with Crippen molar-refractivity contribution in [3.05, 3.63) is 35.5 Å². The number of hydrogen-bond acceptors (Lipinski definition) is 2. The van der Waals surface area contributed by atoms with Crippen molar-refractivity contribution >= 4 is 20.9 Å². The van der Waals surface area contributed by atoms with E-state index in [1.165, 1.54) is 16.6 Å². The highest BCUT2D eigenvalue weighted by molar-refractivity contribution is 7.89. The van der Waals surface area contributed by atoms with Gasteiger partial charge in [-0.25, -0.2) is 13.1 Å². The lowest BCUT2D eigenvalue weighted by Crippen LogP contribution is -2.39. The zero-order valence-corrected chi connectivity index (χ0v) is 11.8. The highest BCUT2D eigenvalue weighted by Crippen LogP contribution is 2.29. The average Bonchev–Trinajstić information content (AvgIpc) is 2.76. The van der Waals surface area contributed by atoms with E-state index in [2.05, 4.69) is 21.8 Å². The summed E-state index contributed by atoms with van der Waals surface area (Å²) in [6.45, 7) is 1.67. The lowest BCUT2D eigenvalue weighted by atomic mass is 9.92. The zero-order chi connectivity index (χ0) is 13.5. The Morgan fingerprint density at radius 1 is 1.37 bits per heavy atom. The standard InChI is InChI=1S/C14H18N2O2S/c1-2-19(17,18)16-10-7-8-14-12(9-10)11-5-3-4-6-13(11)15-14/h3-6,10,15-16H,2,7-9H2,1H3. The van der Waals surface area contributed by atoms with Crippen LogP contribution in [0.5, 0.6) is 0 Å². The molecule has 1 aromatic carbocycles. The summed E-state index contributed by atoms with van der Waals surface area (Å²) in [6, 6.07) is 8.23. The molecule has 0 radical (unpaired) electrons. The normalized spacial score (nSPS) is 19.5. The Hall–Kier alpha value is -1.33. The Morgan fingerprint density at radius 2 is 2.16 bits per heavy atom. The average molecular weight is 278 g/mol. The van der Waals surface area contributed by atoms with Crippen LogP contribution in [0, 0.1) is 0 Å². The van der Waals surface area contributed by atoms with E-state index >= 15 is 0 Å². The lowest BCUT2D eigenvalue weighted by molar-refractivity contribution is 0.507. The van der Waals surface area contributed by atoms with Crippen molar-refractivity contribution in [2.24, 2.45) is 0 Å². The number of sulfonamides is 1. The van der Waals surface area contributed by atoms with Gasteiger partial charge < -0.3 is 4.98 Å². The fourth-order valence-corrected chi connectivity index (χ4v) is 3.68. The van der Waals surface area contributed by atoms with Crippen LogP contribution in [-0.2, 0) is 22.9 Å². The maximum absolute atomic E-state index is 11.7. The van der Waals surface area contributed by atoms with Gasteiger partial charge in [-0.3, -0.25) is 0 Å². The summed E-state index contributed by atoms with van der Waals surface area (Å²) >= 11 is 0. The van der Waals surface area contributed by atoms with Gasteiger partial charge in [-0.05, 0) is 37.8 Å². The third kappa shape index (κ3) is 2.40. The van der Waals surface area contributed by atoms with E-state index in [9.17, 15) is 8.42 Å². The number of aromatic nitrogens is 1. The minimum absolute atomic E-state index is 0.0247. The highest BCUT2D eigenvalue weighted by Gasteiger charge is 2.24. The summed E-state index contributed by atoms with van der Waals surface area (Å²) in [5.41, 5.74) is 3.67. The molecule has 0 amide bonds. The first-order valence-corrected chi connectivity index (χ1v) is 8.33. The van der Waals surface area contributed by atoms with Crippen molar-refractivity contribution in [2.75, 3.05) is 5.75 Å². The monoisotopic (exact) mass is 278 g/mol. The summed E-state index contributed by atoms with van der Waals surface area (Å²) in [6.07, 6.45) is 2.54. The van der Waals surface area contributed by atoms with Gasteiger partial charge in [0.2, 0.25) is 10.0 Å². The fourth-order valence-electron chi connectivity index (χ4n) is 2.81. The van der Waals surface area contributed by atoms with Crippen LogP contribution in [0.15, 0.2) is 24.3 Å². The number of aromatic amines is 1. The molecule has 0 saturated heterocycles.